The lowest BCUT2D eigenvalue weighted by molar-refractivity contribution is 1.03. The van der Waals surface area contributed by atoms with Gasteiger partial charge < -0.3 is 11.1 Å². The Bertz CT molecular complexity index is 498. The van der Waals surface area contributed by atoms with E-state index in [0.717, 1.165) is 15.2 Å². The average Bonchev–Trinajstić information content (AvgIpc) is 2.66. The van der Waals surface area contributed by atoms with Crippen molar-refractivity contribution in [2.45, 2.75) is 13.5 Å². The van der Waals surface area contributed by atoms with Gasteiger partial charge in [0.05, 0.1) is 21.7 Å². The first-order valence-electron chi connectivity index (χ1n) is 4.58. The van der Waals surface area contributed by atoms with Gasteiger partial charge in [0.25, 0.3) is 0 Å². The summed E-state index contributed by atoms with van der Waals surface area (Å²) in [5, 5.41) is 6.22. The third-order valence-corrected chi connectivity index (χ3v) is 3.27. The van der Waals surface area contributed by atoms with Crippen LogP contribution >= 0.6 is 27.3 Å². The number of rotatable bonds is 3. The second-order valence-corrected chi connectivity index (χ2v) is 5.05. The first-order valence-corrected chi connectivity index (χ1v) is 6.25. The molecule has 0 atom stereocenters. The second-order valence-electron chi connectivity index (χ2n) is 3.14. The number of nitrogens with zero attached hydrogens (tertiary/aromatic N) is 3. The number of thiazole rings is 1. The predicted octanol–water partition coefficient (Wildman–Crippen LogP) is 2.20. The van der Waals surface area contributed by atoms with Crippen LogP contribution in [0.3, 0.4) is 0 Å². The predicted molar refractivity (Wildman–Crippen MR) is 68.3 cm³/mol. The van der Waals surface area contributed by atoms with Crippen LogP contribution in [0.4, 0.5) is 11.8 Å². The highest BCUT2D eigenvalue weighted by Crippen LogP contribution is 2.20. The van der Waals surface area contributed by atoms with Gasteiger partial charge in [-0.2, -0.15) is 4.98 Å². The Balaban J connectivity index is 2.07. The molecule has 2 heterocycles. The Hall–Kier alpha value is -1.21. The first-order chi connectivity index (χ1) is 7.65. The molecule has 0 spiro atoms. The van der Waals surface area contributed by atoms with Crippen LogP contribution in [-0.4, -0.2) is 15.0 Å². The van der Waals surface area contributed by atoms with E-state index < -0.39 is 0 Å². The fraction of sp³-hybridized carbons (Fsp3) is 0.222. The molecule has 2 aromatic heterocycles. The number of nitrogens with one attached hydrogen (secondary N) is 1. The maximum absolute atomic E-state index is 5.50. The summed E-state index contributed by atoms with van der Waals surface area (Å²) in [6, 6.07) is 0. The van der Waals surface area contributed by atoms with Gasteiger partial charge in [-0.1, -0.05) is 0 Å². The minimum Gasteiger partial charge on any atom is -0.368 e. The molecule has 0 unspecified atom stereocenters. The van der Waals surface area contributed by atoms with E-state index in [1.165, 1.54) is 0 Å². The van der Waals surface area contributed by atoms with Gasteiger partial charge in [0, 0.05) is 11.6 Å². The van der Waals surface area contributed by atoms with E-state index in [0.29, 0.717) is 12.4 Å². The molecule has 16 heavy (non-hydrogen) atoms. The highest BCUT2D eigenvalue weighted by Gasteiger charge is 2.04. The van der Waals surface area contributed by atoms with Gasteiger partial charge >= 0.3 is 0 Å². The van der Waals surface area contributed by atoms with Crippen LogP contribution in [0.1, 0.15) is 10.7 Å². The number of nitrogen functional groups attached to an aromatic ring is 1. The molecule has 7 heteroatoms. The van der Waals surface area contributed by atoms with Crippen LogP contribution in [0.2, 0.25) is 0 Å². The summed E-state index contributed by atoms with van der Waals surface area (Å²) in [4.78, 5) is 12.3. The molecule has 2 aromatic rings. The minimum atomic E-state index is 0.250. The standard InChI is InChI=1S/C9H10BrN5S/c1-5-14-6(4-16-5)2-12-8-7(10)3-13-9(11)15-8/h3-4H,2H2,1H3,(H3,11,12,13,15). The number of aromatic nitrogens is 3. The molecule has 0 fully saturated rings. The molecule has 2 rings (SSSR count). The summed E-state index contributed by atoms with van der Waals surface area (Å²) in [5.41, 5.74) is 6.50. The molecule has 0 bridgehead atoms. The molecule has 3 N–H and O–H groups in total. The SMILES string of the molecule is Cc1nc(CNc2nc(N)ncc2Br)cs1. The molecule has 0 amide bonds. The third kappa shape index (κ3) is 2.67. The van der Waals surface area contributed by atoms with Crippen molar-refractivity contribution in [1.82, 2.24) is 15.0 Å². The van der Waals surface area contributed by atoms with Crippen LogP contribution in [0, 0.1) is 6.92 Å². The highest BCUT2D eigenvalue weighted by atomic mass is 79.9. The smallest absolute Gasteiger partial charge is 0.221 e. The second kappa shape index (κ2) is 4.75. The summed E-state index contributed by atoms with van der Waals surface area (Å²) in [5.74, 6) is 0.929. The molecule has 0 aliphatic heterocycles. The van der Waals surface area contributed by atoms with Gasteiger partial charge in [-0.25, -0.2) is 9.97 Å². The third-order valence-electron chi connectivity index (χ3n) is 1.87. The van der Waals surface area contributed by atoms with Gasteiger partial charge in [0.1, 0.15) is 5.82 Å². The number of aryl methyl sites for hydroxylation is 1. The monoisotopic (exact) mass is 299 g/mol. The molecule has 0 radical (unpaired) electrons. The molecule has 0 saturated heterocycles. The van der Waals surface area contributed by atoms with Crippen molar-refractivity contribution in [3.05, 3.63) is 26.8 Å². The van der Waals surface area contributed by atoms with Crippen molar-refractivity contribution in [3.8, 4) is 0 Å². The van der Waals surface area contributed by atoms with Crippen LogP contribution in [0.25, 0.3) is 0 Å². The van der Waals surface area contributed by atoms with Gasteiger partial charge in [0.2, 0.25) is 5.95 Å². The van der Waals surface area contributed by atoms with Crippen molar-refractivity contribution >= 4 is 39.0 Å². The van der Waals surface area contributed by atoms with Crippen molar-refractivity contribution < 1.29 is 0 Å². The number of halogens is 1. The Morgan fingerprint density at radius 2 is 2.31 bits per heavy atom. The van der Waals surface area contributed by atoms with E-state index in [2.05, 4.69) is 36.2 Å². The molecular formula is C9H10BrN5S. The van der Waals surface area contributed by atoms with E-state index in [9.17, 15) is 0 Å². The van der Waals surface area contributed by atoms with E-state index in [1.807, 2.05) is 12.3 Å². The maximum Gasteiger partial charge on any atom is 0.221 e. The summed E-state index contributed by atoms with van der Waals surface area (Å²) in [6.45, 7) is 2.60. The zero-order chi connectivity index (χ0) is 11.5. The quantitative estimate of drug-likeness (QED) is 0.908. The van der Waals surface area contributed by atoms with Gasteiger partial charge in [0.15, 0.2) is 0 Å². The zero-order valence-electron chi connectivity index (χ0n) is 8.57. The highest BCUT2D eigenvalue weighted by molar-refractivity contribution is 9.10. The van der Waals surface area contributed by atoms with Gasteiger partial charge in [-0.15, -0.1) is 11.3 Å². The summed E-state index contributed by atoms with van der Waals surface area (Å²) in [6.07, 6.45) is 1.62. The number of anilines is 2. The summed E-state index contributed by atoms with van der Waals surface area (Å²) >= 11 is 4.97. The lowest BCUT2D eigenvalue weighted by Gasteiger charge is -2.05. The Kier molecular flexibility index (Phi) is 3.35. The lowest BCUT2D eigenvalue weighted by atomic mass is 10.4. The fourth-order valence-electron chi connectivity index (χ4n) is 1.17. The Labute approximate surface area is 105 Å². The minimum absolute atomic E-state index is 0.250. The van der Waals surface area contributed by atoms with Crippen molar-refractivity contribution in [3.63, 3.8) is 0 Å². The lowest BCUT2D eigenvalue weighted by Crippen LogP contribution is -2.05. The average molecular weight is 300 g/mol. The number of hydrogen-bond acceptors (Lipinski definition) is 6. The van der Waals surface area contributed by atoms with Crippen LogP contribution in [0.15, 0.2) is 16.0 Å². The molecular weight excluding hydrogens is 290 g/mol. The first kappa shape index (κ1) is 11.3. The summed E-state index contributed by atoms with van der Waals surface area (Å²) < 4.78 is 0.786. The Morgan fingerprint density at radius 1 is 1.50 bits per heavy atom. The summed E-state index contributed by atoms with van der Waals surface area (Å²) in [7, 11) is 0. The van der Waals surface area contributed by atoms with Crippen molar-refractivity contribution in [2.75, 3.05) is 11.1 Å². The van der Waals surface area contributed by atoms with Crippen molar-refractivity contribution in [1.29, 1.82) is 0 Å². The zero-order valence-corrected chi connectivity index (χ0v) is 11.0. The number of hydrogen-bond donors (Lipinski definition) is 2. The van der Waals surface area contributed by atoms with Gasteiger partial charge in [-0.3, -0.25) is 0 Å². The largest absolute Gasteiger partial charge is 0.368 e. The van der Waals surface area contributed by atoms with E-state index in [-0.39, 0.29) is 5.95 Å². The van der Waals surface area contributed by atoms with Crippen LogP contribution < -0.4 is 11.1 Å². The maximum atomic E-state index is 5.50. The molecule has 0 saturated carbocycles. The van der Waals surface area contributed by atoms with E-state index in [1.54, 1.807) is 17.5 Å². The topological polar surface area (TPSA) is 76.7 Å². The van der Waals surface area contributed by atoms with E-state index in [4.69, 9.17) is 5.73 Å². The molecule has 5 nitrogen and oxygen atoms in total. The molecule has 0 aliphatic carbocycles. The Morgan fingerprint density at radius 3 is 3.00 bits per heavy atom. The van der Waals surface area contributed by atoms with Crippen molar-refractivity contribution in [2.24, 2.45) is 0 Å². The van der Waals surface area contributed by atoms with Gasteiger partial charge in [-0.05, 0) is 22.9 Å². The molecule has 0 aliphatic rings. The fourth-order valence-corrected chi connectivity index (χ4v) is 2.11. The normalized spacial score (nSPS) is 10.4. The van der Waals surface area contributed by atoms with Crippen LogP contribution in [-0.2, 0) is 6.54 Å². The van der Waals surface area contributed by atoms with Crippen LogP contribution in [0.5, 0.6) is 0 Å². The molecule has 84 valence electrons. The number of nitrogens with two attached hydrogens (primary N) is 1. The van der Waals surface area contributed by atoms with E-state index >= 15 is 0 Å². The molecule has 0 aromatic carbocycles.